The van der Waals surface area contributed by atoms with Crippen LogP contribution >= 0.6 is 34.8 Å². The maximum atomic E-state index is 11.8. The zero-order chi connectivity index (χ0) is 12.6. The molecule has 0 unspecified atom stereocenters. The Morgan fingerprint density at radius 2 is 1.65 bits per heavy atom. The van der Waals surface area contributed by atoms with Crippen LogP contribution in [0.25, 0.3) is 11.1 Å². The lowest BCUT2D eigenvalue weighted by atomic mass is 10.1. The highest BCUT2D eigenvalue weighted by Crippen LogP contribution is 2.37. The van der Waals surface area contributed by atoms with E-state index in [1.165, 1.54) is 0 Å². The van der Waals surface area contributed by atoms with E-state index in [9.17, 15) is 4.79 Å². The van der Waals surface area contributed by atoms with Crippen LogP contribution in [0.2, 0.25) is 15.1 Å². The summed E-state index contributed by atoms with van der Waals surface area (Å²) < 4.78 is 0. The second-order valence-electron chi connectivity index (χ2n) is 3.60. The van der Waals surface area contributed by atoms with Crippen LogP contribution in [0, 0.1) is 6.92 Å². The monoisotopic (exact) mass is 287 g/mol. The molecule has 88 valence electrons. The molecule has 0 spiro atoms. The maximum absolute atomic E-state index is 11.8. The predicted octanol–water partition coefficient (Wildman–Crippen LogP) is 4.31. The van der Waals surface area contributed by atoms with E-state index < -0.39 is 0 Å². The van der Waals surface area contributed by atoms with Gasteiger partial charge >= 0.3 is 0 Å². The van der Waals surface area contributed by atoms with Gasteiger partial charge in [0.2, 0.25) is 0 Å². The van der Waals surface area contributed by atoms with Crippen molar-refractivity contribution < 1.29 is 0 Å². The van der Waals surface area contributed by atoms with Crippen molar-refractivity contribution in [3.05, 3.63) is 55.4 Å². The van der Waals surface area contributed by atoms with Gasteiger partial charge in [0.1, 0.15) is 0 Å². The highest BCUT2D eigenvalue weighted by molar-refractivity contribution is 6.46. The first-order chi connectivity index (χ1) is 8.00. The van der Waals surface area contributed by atoms with E-state index in [1.54, 1.807) is 31.2 Å². The van der Waals surface area contributed by atoms with Gasteiger partial charge in [0.05, 0.1) is 20.6 Å². The van der Waals surface area contributed by atoms with Gasteiger partial charge in [0.25, 0.3) is 5.56 Å². The largest absolute Gasteiger partial charge is 0.326 e. The molecule has 2 aromatic rings. The fourth-order valence-corrected chi connectivity index (χ4v) is 2.27. The Morgan fingerprint density at radius 3 is 2.29 bits per heavy atom. The predicted molar refractivity (Wildman–Crippen MR) is 72.3 cm³/mol. The SMILES string of the molecule is Cc1ccc(-c2c(Cl)ccc(Cl)c2Cl)c(=O)[nH]1. The number of hydrogen-bond acceptors (Lipinski definition) is 1. The topological polar surface area (TPSA) is 32.9 Å². The minimum atomic E-state index is -0.240. The summed E-state index contributed by atoms with van der Waals surface area (Å²) in [6, 6.07) is 6.67. The molecule has 0 bridgehead atoms. The molecule has 0 amide bonds. The van der Waals surface area contributed by atoms with Gasteiger partial charge in [-0.1, -0.05) is 34.8 Å². The Kier molecular flexibility index (Phi) is 3.48. The molecule has 0 fully saturated rings. The average Bonchev–Trinajstić information content (AvgIpc) is 2.27. The van der Waals surface area contributed by atoms with Crippen molar-refractivity contribution in [3.63, 3.8) is 0 Å². The molecule has 2 rings (SSSR count). The Balaban J connectivity index is 2.77. The van der Waals surface area contributed by atoms with E-state index in [2.05, 4.69) is 4.98 Å². The molecule has 0 saturated carbocycles. The third-order valence-corrected chi connectivity index (χ3v) is 3.49. The van der Waals surface area contributed by atoms with Gasteiger partial charge in [-0.2, -0.15) is 0 Å². The molecule has 1 N–H and O–H groups in total. The van der Waals surface area contributed by atoms with Crippen LogP contribution in [-0.2, 0) is 0 Å². The van der Waals surface area contributed by atoms with Crippen molar-refractivity contribution in [2.75, 3.05) is 0 Å². The summed E-state index contributed by atoms with van der Waals surface area (Å²) in [5, 5.41) is 1.05. The average molecular weight is 289 g/mol. The van der Waals surface area contributed by atoms with Gasteiger partial charge < -0.3 is 4.98 Å². The van der Waals surface area contributed by atoms with Crippen molar-refractivity contribution in [3.8, 4) is 11.1 Å². The zero-order valence-electron chi connectivity index (χ0n) is 8.85. The van der Waals surface area contributed by atoms with Gasteiger partial charge in [-0.3, -0.25) is 4.79 Å². The lowest BCUT2D eigenvalue weighted by Gasteiger charge is -2.08. The van der Waals surface area contributed by atoms with E-state index >= 15 is 0 Å². The van der Waals surface area contributed by atoms with Gasteiger partial charge in [-0.25, -0.2) is 0 Å². The van der Waals surface area contributed by atoms with Gasteiger partial charge in [-0.15, -0.1) is 0 Å². The molecule has 0 aliphatic carbocycles. The summed E-state index contributed by atoms with van der Waals surface area (Å²) in [6.07, 6.45) is 0. The molecular weight excluding hydrogens is 280 g/mol. The maximum Gasteiger partial charge on any atom is 0.256 e. The standard InChI is InChI=1S/C12H8Cl3NO/c1-6-2-3-7(12(17)16-6)10-8(13)4-5-9(14)11(10)15/h2-5H,1H3,(H,16,17). The van der Waals surface area contributed by atoms with E-state index in [4.69, 9.17) is 34.8 Å². The van der Waals surface area contributed by atoms with Crippen LogP contribution in [0.4, 0.5) is 0 Å². The summed E-state index contributed by atoms with van der Waals surface area (Å²) in [7, 11) is 0. The first-order valence-electron chi connectivity index (χ1n) is 4.84. The summed E-state index contributed by atoms with van der Waals surface area (Å²) in [4.78, 5) is 14.5. The summed E-state index contributed by atoms with van der Waals surface area (Å²) >= 11 is 18.0. The van der Waals surface area contributed by atoms with Crippen LogP contribution in [0.5, 0.6) is 0 Å². The quantitative estimate of drug-likeness (QED) is 0.779. The second-order valence-corrected chi connectivity index (χ2v) is 4.79. The van der Waals surface area contributed by atoms with E-state index in [0.717, 1.165) is 5.69 Å². The lowest BCUT2D eigenvalue weighted by molar-refractivity contribution is 1.15. The molecule has 1 heterocycles. The van der Waals surface area contributed by atoms with Crippen molar-refractivity contribution in [1.29, 1.82) is 0 Å². The smallest absolute Gasteiger partial charge is 0.256 e. The fourth-order valence-electron chi connectivity index (χ4n) is 1.54. The summed E-state index contributed by atoms with van der Waals surface area (Å²) in [5.41, 5.74) is 1.40. The highest BCUT2D eigenvalue weighted by atomic mass is 35.5. The molecule has 17 heavy (non-hydrogen) atoms. The Hall–Kier alpha value is -0.960. The first-order valence-corrected chi connectivity index (χ1v) is 5.98. The summed E-state index contributed by atoms with van der Waals surface area (Å²) in [5.74, 6) is 0. The zero-order valence-corrected chi connectivity index (χ0v) is 11.1. The molecule has 2 nitrogen and oxygen atoms in total. The second kappa shape index (κ2) is 4.73. The lowest BCUT2D eigenvalue weighted by Crippen LogP contribution is -2.10. The first kappa shape index (κ1) is 12.5. The number of benzene rings is 1. The molecule has 5 heteroatoms. The third-order valence-electron chi connectivity index (χ3n) is 2.37. The normalized spacial score (nSPS) is 10.6. The van der Waals surface area contributed by atoms with Gasteiger partial charge in [-0.05, 0) is 31.2 Å². The number of nitrogens with one attached hydrogen (secondary N) is 1. The fraction of sp³-hybridized carbons (Fsp3) is 0.0833. The number of pyridine rings is 1. The van der Waals surface area contributed by atoms with Crippen molar-refractivity contribution in [2.24, 2.45) is 0 Å². The Bertz CT molecular complexity index is 634. The number of aromatic amines is 1. The van der Waals surface area contributed by atoms with Crippen molar-refractivity contribution in [2.45, 2.75) is 6.92 Å². The third kappa shape index (κ3) is 2.34. The Morgan fingerprint density at radius 1 is 1.00 bits per heavy atom. The molecule has 0 aliphatic rings. The number of H-pyrrole nitrogens is 1. The van der Waals surface area contributed by atoms with Crippen LogP contribution < -0.4 is 5.56 Å². The molecule has 0 aliphatic heterocycles. The number of aromatic nitrogens is 1. The number of hydrogen-bond donors (Lipinski definition) is 1. The number of rotatable bonds is 1. The molecule has 0 saturated heterocycles. The van der Waals surface area contributed by atoms with E-state index in [0.29, 0.717) is 21.2 Å². The van der Waals surface area contributed by atoms with Crippen LogP contribution in [-0.4, -0.2) is 4.98 Å². The van der Waals surface area contributed by atoms with E-state index in [1.807, 2.05) is 0 Å². The summed E-state index contributed by atoms with van der Waals surface area (Å²) in [6.45, 7) is 1.80. The van der Waals surface area contributed by atoms with Crippen LogP contribution in [0.15, 0.2) is 29.1 Å². The van der Waals surface area contributed by atoms with Gasteiger partial charge in [0.15, 0.2) is 0 Å². The van der Waals surface area contributed by atoms with Crippen molar-refractivity contribution >= 4 is 34.8 Å². The highest BCUT2D eigenvalue weighted by Gasteiger charge is 2.14. The number of aryl methyl sites for hydroxylation is 1. The minimum Gasteiger partial charge on any atom is -0.326 e. The molecule has 1 aromatic heterocycles. The van der Waals surface area contributed by atoms with Crippen LogP contribution in [0.1, 0.15) is 5.69 Å². The van der Waals surface area contributed by atoms with Crippen LogP contribution in [0.3, 0.4) is 0 Å². The van der Waals surface area contributed by atoms with Gasteiger partial charge in [0, 0.05) is 11.3 Å². The molecule has 0 radical (unpaired) electrons. The molecule has 1 aromatic carbocycles. The van der Waals surface area contributed by atoms with E-state index in [-0.39, 0.29) is 10.6 Å². The number of halogens is 3. The Labute approximate surface area is 113 Å². The van der Waals surface area contributed by atoms with Crippen molar-refractivity contribution in [1.82, 2.24) is 4.98 Å². The molecule has 0 atom stereocenters. The molecular formula is C12H8Cl3NO. The minimum absolute atomic E-state index is 0.240.